The zero-order chi connectivity index (χ0) is 18.7. The van der Waals surface area contributed by atoms with Crippen molar-refractivity contribution in [2.75, 3.05) is 36.4 Å². The number of hydrogen-bond acceptors (Lipinski definition) is 2. The highest BCUT2D eigenvalue weighted by molar-refractivity contribution is 5.89. The van der Waals surface area contributed by atoms with Gasteiger partial charge in [0.25, 0.3) is 0 Å². The SMILES string of the molecule is CC(C)c1ccc(NC(=O)N2CCN(c3ccc(F)cc3F)CC2)cc1. The van der Waals surface area contributed by atoms with Crippen LogP contribution in [0.5, 0.6) is 0 Å². The summed E-state index contributed by atoms with van der Waals surface area (Å²) in [6.45, 7) is 6.21. The molecule has 1 aliphatic rings. The molecule has 6 heteroatoms. The molecular formula is C20H23F2N3O. The lowest BCUT2D eigenvalue weighted by molar-refractivity contribution is 0.208. The number of piperazine rings is 1. The maximum Gasteiger partial charge on any atom is 0.321 e. The maximum atomic E-state index is 13.9. The van der Waals surface area contributed by atoms with Crippen LogP contribution in [0, 0.1) is 11.6 Å². The molecule has 2 amide bonds. The molecule has 0 radical (unpaired) electrons. The number of halogens is 2. The Morgan fingerprint density at radius 2 is 1.65 bits per heavy atom. The molecule has 0 aliphatic carbocycles. The lowest BCUT2D eigenvalue weighted by Crippen LogP contribution is -2.50. The normalized spacial score (nSPS) is 14.7. The van der Waals surface area contributed by atoms with Crippen LogP contribution in [0.2, 0.25) is 0 Å². The number of carbonyl (C=O) groups excluding carboxylic acids is 1. The number of hydrogen-bond donors (Lipinski definition) is 1. The van der Waals surface area contributed by atoms with Crippen molar-refractivity contribution in [1.82, 2.24) is 4.90 Å². The predicted octanol–water partition coefficient (Wildman–Crippen LogP) is 4.44. The van der Waals surface area contributed by atoms with Gasteiger partial charge in [0.05, 0.1) is 5.69 Å². The summed E-state index contributed by atoms with van der Waals surface area (Å²) < 4.78 is 26.9. The topological polar surface area (TPSA) is 35.6 Å². The third-order valence-corrected chi connectivity index (χ3v) is 4.65. The minimum atomic E-state index is -0.590. The summed E-state index contributed by atoms with van der Waals surface area (Å²) in [7, 11) is 0. The van der Waals surface area contributed by atoms with Gasteiger partial charge in [0.2, 0.25) is 0 Å². The molecule has 1 N–H and O–H groups in total. The van der Waals surface area contributed by atoms with Crippen LogP contribution in [0.25, 0.3) is 0 Å². The van der Waals surface area contributed by atoms with E-state index in [-0.39, 0.29) is 6.03 Å². The second-order valence-corrected chi connectivity index (χ2v) is 6.78. The number of nitrogens with zero attached hydrogens (tertiary/aromatic N) is 2. The molecule has 0 atom stereocenters. The summed E-state index contributed by atoms with van der Waals surface area (Å²) in [5, 5.41) is 2.90. The van der Waals surface area contributed by atoms with Crippen molar-refractivity contribution < 1.29 is 13.6 Å². The van der Waals surface area contributed by atoms with Crippen LogP contribution in [0.4, 0.5) is 25.0 Å². The third kappa shape index (κ3) is 4.12. The van der Waals surface area contributed by atoms with Gasteiger partial charge in [-0.25, -0.2) is 13.6 Å². The molecule has 0 spiro atoms. The van der Waals surface area contributed by atoms with E-state index < -0.39 is 11.6 Å². The van der Waals surface area contributed by atoms with Crippen molar-refractivity contribution in [1.29, 1.82) is 0 Å². The van der Waals surface area contributed by atoms with Crippen molar-refractivity contribution >= 4 is 17.4 Å². The van der Waals surface area contributed by atoms with E-state index in [0.29, 0.717) is 37.8 Å². The van der Waals surface area contributed by atoms with E-state index in [1.807, 2.05) is 29.2 Å². The first-order chi connectivity index (χ1) is 12.4. The Kier molecular flexibility index (Phi) is 5.40. The minimum Gasteiger partial charge on any atom is -0.366 e. The summed E-state index contributed by atoms with van der Waals surface area (Å²) in [6.07, 6.45) is 0. The molecule has 26 heavy (non-hydrogen) atoms. The quantitative estimate of drug-likeness (QED) is 0.879. The molecule has 1 heterocycles. The van der Waals surface area contributed by atoms with Crippen molar-refractivity contribution in [3.05, 3.63) is 59.7 Å². The second-order valence-electron chi connectivity index (χ2n) is 6.78. The van der Waals surface area contributed by atoms with E-state index in [1.54, 1.807) is 4.90 Å². The van der Waals surface area contributed by atoms with Gasteiger partial charge in [-0.2, -0.15) is 0 Å². The Bertz CT molecular complexity index is 769. The van der Waals surface area contributed by atoms with Crippen molar-refractivity contribution in [2.24, 2.45) is 0 Å². The Labute approximate surface area is 152 Å². The second kappa shape index (κ2) is 7.72. The van der Waals surface area contributed by atoms with Gasteiger partial charge in [-0.05, 0) is 35.7 Å². The smallest absolute Gasteiger partial charge is 0.321 e. The molecule has 1 saturated heterocycles. The first-order valence-electron chi connectivity index (χ1n) is 8.80. The lowest BCUT2D eigenvalue weighted by Gasteiger charge is -2.36. The Morgan fingerprint density at radius 3 is 2.23 bits per heavy atom. The average Bonchev–Trinajstić information content (AvgIpc) is 2.62. The Morgan fingerprint density at radius 1 is 1.00 bits per heavy atom. The van der Waals surface area contributed by atoms with Crippen molar-refractivity contribution in [2.45, 2.75) is 19.8 Å². The summed E-state index contributed by atoms with van der Waals surface area (Å²) in [4.78, 5) is 15.9. The maximum absolute atomic E-state index is 13.9. The summed E-state index contributed by atoms with van der Waals surface area (Å²) in [5.41, 5.74) is 2.35. The van der Waals surface area contributed by atoms with Crippen LogP contribution < -0.4 is 10.2 Å². The van der Waals surface area contributed by atoms with Gasteiger partial charge < -0.3 is 15.1 Å². The van der Waals surface area contributed by atoms with Gasteiger partial charge in [0, 0.05) is 37.9 Å². The molecule has 2 aromatic rings. The highest BCUT2D eigenvalue weighted by Crippen LogP contribution is 2.22. The summed E-state index contributed by atoms with van der Waals surface area (Å²) >= 11 is 0. The zero-order valence-electron chi connectivity index (χ0n) is 15.0. The zero-order valence-corrected chi connectivity index (χ0v) is 15.0. The largest absolute Gasteiger partial charge is 0.366 e. The highest BCUT2D eigenvalue weighted by atomic mass is 19.1. The van der Waals surface area contributed by atoms with Gasteiger partial charge in [0.15, 0.2) is 0 Å². The standard InChI is InChI=1S/C20H23F2N3O/c1-14(2)15-3-6-17(7-4-15)23-20(26)25-11-9-24(10-12-25)19-8-5-16(21)13-18(19)22/h3-8,13-14H,9-12H2,1-2H3,(H,23,26). The number of rotatable bonds is 3. The van der Waals surface area contributed by atoms with Crippen LogP contribution in [-0.4, -0.2) is 37.1 Å². The molecule has 0 unspecified atom stereocenters. The van der Waals surface area contributed by atoms with Crippen molar-refractivity contribution in [3.8, 4) is 0 Å². The number of amides is 2. The minimum absolute atomic E-state index is 0.165. The number of nitrogens with one attached hydrogen (secondary N) is 1. The number of benzene rings is 2. The molecule has 1 aliphatic heterocycles. The van der Waals surface area contributed by atoms with Gasteiger partial charge >= 0.3 is 6.03 Å². The lowest BCUT2D eigenvalue weighted by atomic mass is 10.0. The fourth-order valence-corrected chi connectivity index (χ4v) is 3.04. The van der Waals surface area contributed by atoms with Crippen molar-refractivity contribution in [3.63, 3.8) is 0 Å². The Hall–Kier alpha value is -2.63. The van der Waals surface area contributed by atoms with E-state index in [4.69, 9.17) is 0 Å². The van der Waals surface area contributed by atoms with Gasteiger partial charge in [-0.15, -0.1) is 0 Å². The molecular weight excluding hydrogens is 336 g/mol. The predicted molar refractivity (Wildman–Crippen MR) is 99.7 cm³/mol. The number of carbonyl (C=O) groups is 1. The first-order valence-corrected chi connectivity index (χ1v) is 8.80. The summed E-state index contributed by atoms with van der Waals surface area (Å²) in [5.74, 6) is -0.722. The highest BCUT2D eigenvalue weighted by Gasteiger charge is 2.23. The van der Waals surface area contributed by atoms with Crippen LogP contribution >= 0.6 is 0 Å². The van der Waals surface area contributed by atoms with Gasteiger partial charge in [0.1, 0.15) is 11.6 Å². The molecule has 0 bridgehead atoms. The summed E-state index contributed by atoms with van der Waals surface area (Å²) in [6, 6.07) is 11.2. The molecule has 0 aromatic heterocycles. The van der Waals surface area contributed by atoms with Crippen LogP contribution in [-0.2, 0) is 0 Å². The Balaban J connectivity index is 1.56. The molecule has 3 rings (SSSR count). The molecule has 1 fully saturated rings. The molecule has 4 nitrogen and oxygen atoms in total. The van der Waals surface area contributed by atoms with E-state index in [1.165, 1.54) is 17.7 Å². The molecule has 138 valence electrons. The fourth-order valence-electron chi connectivity index (χ4n) is 3.04. The first kappa shape index (κ1) is 18.2. The number of urea groups is 1. The molecule has 2 aromatic carbocycles. The van der Waals surface area contributed by atoms with Crippen LogP contribution in [0.3, 0.4) is 0 Å². The van der Waals surface area contributed by atoms with Gasteiger partial charge in [-0.3, -0.25) is 0 Å². The van der Waals surface area contributed by atoms with Crippen LogP contribution in [0.15, 0.2) is 42.5 Å². The monoisotopic (exact) mass is 359 g/mol. The van der Waals surface area contributed by atoms with Crippen LogP contribution in [0.1, 0.15) is 25.3 Å². The van der Waals surface area contributed by atoms with E-state index in [0.717, 1.165) is 11.8 Å². The number of anilines is 2. The van der Waals surface area contributed by atoms with E-state index in [2.05, 4.69) is 19.2 Å². The van der Waals surface area contributed by atoms with E-state index >= 15 is 0 Å². The van der Waals surface area contributed by atoms with Gasteiger partial charge in [-0.1, -0.05) is 26.0 Å². The van der Waals surface area contributed by atoms with E-state index in [9.17, 15) is 13.6 Å². The molecule has 0 saturated carbocycles. The average molecular weight is 359 g/mol. The third-order valence-electron chi connectivity index (χ3n) is 4.65. The fraction of sp³-hybridized carbons (Fsp3) is 0.350.